The van der Waals surface area contributed by atoms with Crippen molar-refractivity contribution in [3.8, 4) is 17.2 Å². The van der Waals surface area contributed by atoms with Crippen LogP contribution >= 0.6 is 0 Å². The van der Waals surface area contributed by atoms with Crippen molar-refractivity contribution in [2.75, 3.05) is 31.4 Å². The van der Waals surface area contributed by atoms with Crippen LogP contribution < -0.4 is 24.2 Å². The average Bonchev–Trinajstić information content (AvgIpc) is 2.79. The Bertz CT molecular complexity index is 1220. The second-order valence-electron chi connectivity index (χ2n) is 6.84. The largest absolute Gasteiger partial charge is 0.497 e. The number of hydrogen-bond donors (Lipinski definition) is 2. The highest BCUT2D eigenvalue weighted by Crippen LogP contribution is 2.30. The molecule has 1 amide bonds. The predicted molar refractivity (Wildman–Crippen MR) is 122 cm³/mol. The van der Waals surface area contributed by atoms with Crippen LogP contribution in [0.15, 0.2) is 65.6 Å². The number of rotatable bonds is 8. The van der Waals surface area contributed by atoms with E-state index in [-0.39, 0.29) is 10.5 Å². The fourth-order valence-electron chi connectivity index (χ4n) is 3.02. The van der Waals surface area contributed by atoms with Crippen LogP contribution in [0.4, 0.5) is 11.4 Å². The van der Waals surface area contributed by atoms with Crippen LogP contribution in [0.25, 0.3) is 0 Å². The molecule has 9 heteroatoms. The van der Waals surface area contributed by atoms with Gasteiger partial charge in [-0.1, -0.05) is 6.07 Å². The number of carbonyl (C=O) groups excluding carboxylic acids is 1. The highest BCUT2D eigenvalue weighted by molar-refractivity contribution is 7.92. The lowest BCUT2D eigenvalue weighted by Gasteiger charge is -2.13. The summed E-state index contributed by atoms with van der Waals surface area (Å²) < 4.78 is 44.0. The molecule has 3 aromatic rings. The molecule has 0 aliphatic rings. The molecule has 0 aromatic heterocycles. The molecule has 0 saturated heterocycles. The van der Waals surface area contributed by atoms with Gasteiger partial charge in [0.25, 0.3) is 15.9 Å². The minimum absolute atomic E-state index is 0.00767. The highest BCUT2D eigenvalue weighted by Gasteiger charge is 2.20. The second-order valence-corrected chi connectivity index (χ2v) is 8.49. The molecule has 0 fully saturated rings. The smallest absolute Gasteiger partial charge is 0.262 e. The lowest BCUT2D eigenvalue weighted by molar-refractivity contribution is 0.102. The van der Waals surface area contributed by atoms with Gasteiger partial charge in [-0.2, -0.15) is 0 Å². The normalized spacial score (nSPS) is 10.9. The molecule has 0 radical (unpaired) electrons. The number of aryl methyl sites for hydroxylation is 1. The fourth-order valence-corrected chi connectivity index (χ4v) is 4.35. The molecular formula is C23H24N2O6S. The third-order valence-corrected chi connectivity index (χ3v) is 6.25. The third kappa shape index (κ3) is 5.12. The monoisotopic (exact) mass is 456 g/mol. The molecular weight excluding hydrogens is 432 g/mol. The highest BCUT2D eigenvalue weighted by atomic mass is 32.2. The van der Waals surface area contributed by atoms with Crippen LogP contribution in [0.2, 0.25) is 0 Å². The van der Waals surface area contributed by atoms with Crippen molar-refractivity contribution < 1.29 is 27.4 Å². The number of methoxy groups -OCH3 is 3. The van der Waals surface area contributed by atoms with E-state index >= 15 is 0 Å². The van der Waals surface area contributed by atoms with Crippen molar-refractivity contribution in [2.24, 2.45) is 0 Å². The van der Waals surface area contributed by atoms with Crippen molar-refractivity contribution in [3.05, 3.63) is 71.8 Å². The molecule has 0 bridgehead atoms. The molecule has 2 N–H and O–H groups in total. The lowest BCUT2D eigenvalue weighted by Crippen LogP contribution is -2.17. The number of anilines is 2. The van der Waals surface area contributed by atoms with Crippen molar-refractivity contribution in [3.63, 3.8) is 0 Å². The lowest BCUT2D eigenvalue weighted by atomic mass is 10.1. The number of nitrogens with one attached hydrogen (secondary N) is 2. The van der Waals surface area contributed by atoms with Crippen LogP contribution in [-0.2, 0) is 10.0 Å². The Balaban J connectivity index is 1.84. The number of sulfonamides is 1. The van der Waals surface area contributed by atoms with Gasteiger partial charge in [0, 0.05) is 23.0 Å². The van der Waals surface area contributed by atoms with E-state index in [0.29, 0.717) is 34.2 Å². The summed E-state index contributed by atoms with van der Waals surface area (Å²) in [5.74, 6) is 1.14. The quantitative estimate of drug-likeness (QED) is 0.530. The van der Waals surface area contributed by atoms with Gasteiger partial charge < -0.3 is 19.5 Å². The molecule has 0 spiro atoms. The van der Waals surface area contributed by atoms with Gasteiger partial charge in [-0.25, -0.2) is 8.42 Å². The first-order valence-corrected chi connectivity index (χ1v) is 11.1. The predicted octanol–water partition coefficient (Wildman–Crippen LogP) is 4.07. The fraction of sp³-hybridized carbons (Fsp3) is 0.174. The standard InChI is InChI=1S/C23H24N2O6S/c1-15-5-6-16(23(26)24-18-9-12-20(30-3)21(14-18)31-4)13-22(15)32(27,28)25-17-7-10-19(29-2)11-8-17/h5-14,25H,1-4H3,(H,24,26). The molecule has 8 nitrogen and oxygen atoms in total. The molecule has 3 aromatic carbocycles. The number of benzene rings is 3. The van der Waals surface area contributed by atoms with Crippen molar-refractivity contribution in [1.82, 2.24) is 0 Å². The molecule has 0 unspecified atom stereocenters. The minimum atomic E-state index is -3.92. The van der Waals surface area contributed by atoms with E-state index in [4.69, 9.17) is 14.2 Å². The topological polar surface area (TPSA) is 103 Å². The maximum absolute atomic E-state index is 13.0. The van der Waals surface area contributed by atoms with E-state index < -0.39 is 15.9 Å². The van der Waals surface area contributed by atoms with E-state index in [1.807, 2.05) is 0 Å². The Morgan fingerprint density at radius 2 is 1.44 bits per heavy atom. The summed E-state index contributed by atoms with van der Waals surface area (Å²) in [6.45, 7) is 1.67. The molecule has 0 aliphatic heterocycles. The number of ether oxygens (including phenoxy) is 3. The molecule has 0 aliphatic carbocycles. The van der Waals surface area contributed by atoms with Gasteiger partial charge in [-0.05, 0) is 61.0 Å². The molecule has 0 saturated carbocycles. The summed E-state index contributed by atoms with van der Waals surface area (Å²) in [6.07, 6.45) is 0. The van der Waals surface area contributed by atoms with Crippen LogP contribution in [-0.4, -0.2) is 35.7 Å². The summed E-state index contributed by atoms with van der Waals surface area (Å²) >= 11 is 0. The average molecular weight is 457 g/mol. The van der Waals surface area contributed by atoms with Gasteiger partial charge in [0.05, 0.1) is 26.2 Å². The molecule has 32 heavy (non-hydrogen) atoms. The molecule has 3 rings (SSSR count). The summed E-state index contributed by atoms with van der Waals surface area (Å²) in [5.41, 5.74) is 1.56. The van der Waals surface area contributed by atoms with Gasteiger partial charge in [0.2, 0.25) is 0 Å². The maximum atomic E-state index is 13.0. The molecule has 168 valence electrons. The number of hydrogen-bond acceptors (Lipinski definition) is 6. The molecule has 0 heterocycles. The van der Waals surface area contributed by atoms with Gasteiger partial charge in [0.1, 0.15) is 5.75 Å². The van der Waals surface area contributed by atoms with E-state index in [1.165, 1.54) is 27.4 Å². The second kappa shape index (κ2) is 9.61. The van der Waals surface area contributed by atoms with E-state index in [0.717, 1.165) is 0 Å². The summed E-state index contributed by atoms with van der Waals surface area (Å²) in [4.78, 5) is 12.8. The Morgan fingerprint density at radius 3 is 2.06 bits per heavy atom. The summed E-state index contributed by atoms with van der Waals surface area (Å²) in [6, 6.07) is 15.9. The van der Waals surface area contributed by atoms with E-state index in [9.17, 15) is 13.2 Å². The zero-order valence-corrected chi connectivity index (χ0v) is 18.9. The van der Waals surface area contributed by atoms with Gasteiger partial charge in [-0.15, -0.1) is 0 Å². The first-order valence-electron chi connectivity index (χ1n) is 9.58. The zero-order valence-electron chi connectivity index (χ0n) is 18.1. The van der Waals surface area contributed by atoms with Crippen molar-refractivity contribution in [2.45, 2.75) is 11.8 Å². The first kappa shape index (κ1) is 23.0. The van der Waals surface area contributed by atoms with E-state index in [2.05, 4.69) is 10.0 Å². The van der Waals surface area contributed by atoms with Crippen molar-refractivity contribution >= 4 is 27.3 Å². The van der Waals surface area contributed by atoms with Crippen molar-refractivity contribution in [1.29, 1.82) is 0 Å². The minimum Gasteiger partial charge on any atom is -0.497 e. The van der Waals surface area contributed by atoms with Crippen LogP contribution in [0, 0.1) is 6.92 Å². The maximum Gasteiger partial charge on any atom is 0.262 e. The van der Waals surface area contributed by atoms with E-state index in [1.54, 1.807) is 61.5 Å². The number of carbonyl (C=O) groups is 1. The Morgan fingerprint density at radius 1 is 0.781 bits per heavy atom. The molecule has 0 atom stereocenters. The third-order valence-electron chi connectivity index (χ3n) is 4.72. The Kier molecular flexibility index (Phi) is 6.89. The van der Waals surface area contributed by atoms with Gasteiger partial charge >= 0.3 is 0 Å². The zero-order chi connectivity index (χ0) is 23.3. The summed E-state index contributed by atoms with van der Waals surface area (Å²) in [7, 11) is 0.624. The summed E-state index contributed by atoms with van der Waals surface area (Å²) in [5, 5.41) is 2.74. The Labute approximate surface area is 187 Å². The van der Waals surface area contributed by atoms with Gasteiger partial charge in [-0.3, -0.25) is 9.52 Å². The van der Waals surface area contributed by atoms with Crippen LogP contribution in [0.1, 0.15) is 15.9 Å². The number of amides is 1. The van der Waals surface area contributed by atoms with Gasteiger partial charge in [0.15, 0.2) is 11.5 Å². The first-order chi connectivity index (χ1) is 15.3. The van der Waals surface area contributed by atoms with Crippen LogP contribution in [0.5, 0.6) is 17.2 Å². The van der Waals surface area contributed by atoms with Crippen LogP contribution in [0.3, 0.4) is 0 Å². The SMILES string of the molecule is COc1ccc(NS(=O)(=O)c2cc(C(=O)Nc3ccc(OC)c(OC)c3)ccc2C)cc1. The Hall–Kier alpha value is -3.72.